The Labute approximate surface area is 188 Å². The van der Waals surface area contributed by atoms with Gasteiger partial charge in [-0.25, -0.2) is 18.3 Å². The zero-order chi connectivity index (χ0) is 22.4. The van der Waals surface area contributed by atoms with Gasteiger partial charge >= 0.3 is 0 Å². The lowest BCUT2D eigenvalue weighted by molar-refractivity contribution is 0.266. The van der Waals surface area contributed by atoms with Gasteiger partial charge in [-0.05, 0) is 55.7 Å². The Morgan fingerprint density at radius 1 is 1.09 bits per heavy atom. The first-order valence-electron chi connectivity index (χ1n) is 10.5. The van der Waals surface area contributed by atoms with Crippen LogP contribution in [0, 0.1) is 18.6 Å². The van der Waals surface area contributed by atoms with Crippen molar-refractivity contribution in [1.82, 2.24) is 14.6 Å². The average Bonchev–Trinajstić information content (AvgIpc) is 3.39. The van der Waals surface area contributed by atoms with Crippen LogP contribution < -0.4 is 4.90 Å². The average molecular weight is 455 g/mol. The van der Waals surface area contributed by atoms with Crippen molar-refractivity contribution < 1.29 is 13.9 Å². The highest BCUT2D eigenvalue weighted by Crippen LogP contribution is 2.35. The first-order valence-corrected chi connectivity index (χ1v) is 10.8. The van der Waals surface area contributed by atoms with Crippen LogP contribution in [-0.2, 0) is 0 Å². The molecule has 1 fully saturated rings. The Kier molecular flexibility index (Phi) is 5.31. The fourth-order valence-electron chi connectivity index (χ4n) is 4.40. The van der Waals surface area contributed by atoms with E-state index < -0.39 is 5.82 Å². The number of benzene rings is 2. The molecule has 5 rings (SSSR count). The van der Waals surface area contributed by atoms with Gasteiger partial charge in [-0.15, -0.1) is 0 Å². The number of aromatic nitrogens is 3. The van der Waals surface area contributed by atoms with Gasteiger partial charge in [-0.2, -0.15) is 5.10 Å². The summed E-state index contributed by atoms with van der Waals surface area (Å²) < 4.78 is 29.1. The predicted molar refractivity (Wildman–Crippen MR) is 121 cm³/mol. The molecule has 0 spiro atoms. The maximum Gasteiger partial charge on any atom is 0.166 e. The molecule has 2 aromatic heterocycles. The predicted octanol–water partition coefficient (Wildman–Crippen LogP) is 5.26. The zero-order valence-electron chi connectivity index (χ0n) is 17.4. The highest BCUT2D eigenvalue weighted by molar-refractivity contribution is 6.31. The molecule has 1 N–H and O–H groups in total. The summed E-state index contributed by atoms with van der Waals surface area (Å²) in [5.41, 5.74) is 4.32. The van der Waals surface area contributed by atoms with E-state index in [1.54, 1.807) is 28.8 Å². The molecule has 0 bridgehead atoms. The number of aliphatic hydroxyl groups is 1. The van der Waals surface area contributed by atoms with Crippen LogP contribution in [0.15, 0.2) is 48.5 Å². The summed E-state index contributed by atoms with van der Waals surface area (Å²) in [6, 6.07) is 12.6. The van der Waals surface area contributed by atoms with Crippen molar-refractivity contribution in [1.29, 1.82) is 0 Å². The normalized spacial score (nSPS) is 16.3. The van der Waals surface area contributed by atoms with Crippen LogP contribution in [-0.4, -0.2) is 38.9 Å². The number of fused-ring (bicyclic) bond motifs is 1. The quantitative estimate of drug-likeness (QED) is 0.456. The van der Waals surface area contributed by atoms with E-state index in [0.29, 0.717) is 22.7 Å². The maximum absolute atomic E-state index is 13.8. The number of nitrogens with zero attached hydrogens (tertiary/aromatic N) is 4. The molecule has 0 saturated carbocycles. The summed E-state index contributed by atoms with van der Waals surface area (Å²) in [6.45, 7) is 2.69. The van der Waals surface area contributed by atoms with Gasteiger partial charge in [-0.1, -0.05) is 23.7 Å². The molecule has 164 valence electrons. The van der Waals surface area contributed by atoms with E-state index >= 15 is 0 Å². The third-order valence-corrected chi connectivity index (χ3v) is 6.27. The molecule has 8 heteroatoms. The third-order valence-electron chi connectivity index (χ3n) is 5.98. The van der Waals surface area contributed by atoms with Gasteiger partial charge in [0.15, 0.2) is 5.65 Å². The monoisotopic (exact) mass is 454 g/mol. The lowest BCUT2D eigenvalue weighted by Crippen LogP contribution is -2.32. The van der Waals surface area contributed by atoms with Crippen LogP contribution in [0.1, 0.15) is 18.5 Å². The number of hydrogen-bond acceptors (Lipinski definition) is 4. The van der Waals surface area contributed by atoms with Crippen LogP contribution >= 0.6 is 11.6 Å². The molecule has 2 aromatic carbocycles. The Balaban J connectivity index is 1.79. The van der Waals surface area contributed by atoms with Gasteiger partial charge in [0.25, 0.3) is 0 Å². The van der Waals surface area contributed by atoms with Crippen molar-refractivity contribution in [3.63, 3.8) is 0 Å². The van der Waals surface area contributed by atoms with E-state index in [-0.39, 0.29) is 23.5 Å². The van der Waals surface area contributed by atoms with E-state index in [2.05, 4.69) is 4.90 Å². The molecule has 1 atom stereocenters. The summed E-state index contributed by atoms with van der Waals surface area (Å²) in [5, 5.41) is 14.6. The molecule has 0 amide bonds. The number of aryl methyl sites for hydroxylation is 1. The van der Waals surface area contributed by atoms with E-state index in [0.717, 1.165) is 36.2 Å². The highest BCUT2D eigenvalue weighted by atomic mass is 35.5. The second kappa shape index (κ2) is 8.15. The van der Waals surface area contributed by atoms with E-state index in [9.17, 15) is 13.9 Å². The van der Waals surface area contributed by atoms with Crippen molar-refractivity contribution in [2.24, 2.45) is 0 Å². The molecule has 0 aliphatic carbocycles. The number of hydrogen-bond donors (Lipinski definition) is 1. The molecule has 1 saturated heterocycles. The number of rotatable bonds is 4. The van der Waals surface area contributed by atoms with Crippen molar-refractivity contribution in [3.05, 3.63) is 70.9 Å². The van der Waals surface area contributed by atoms with Crippen LogP contribution in [0.25, 0.3) is 28.0 Å². The van der Waals surface area contributed by atoms with Crippen LogP contribution in [0.5, 0.6) is 0 Å². The van der Waals surface area contributed by atoms with Crippen molar-refractivity contribution in [2.45, 2.75) is 25.8 Å². The molecule has 0 radical (unpaired) electrons. The molecule has 1 unspecified atom stereocenters. The van der Waals surface area contributed by atoms with Crippen molar-refractivity contribution in [3.8, 4) is 22.4 Å². The van der Waals surface area contributed by atoms with Crippen LogP contribution in [0.2, 0.25) is 5.02 Å². The summed E-state index contributed by atoms with van der Waals surface area (Å²) >= 11 is 6.08. The molecule has 5 nitrogen and oxygen atoms in total. The van der Waals surface area contributed by atoms with Gasteiger partial charge in [0, 0.05) is 23.7 Å². The first kappa shape index (κ1) is 20.8. The number of halogens is 3. The molecule has 1 aliphatic rings. The minimum absolute atomic E-state index is 0.0195. The number of aliphatic hydroxyl groups excluding tert-OH is 1. The molecular formula is C24H21ClF2N4O. The summed E-state index contributed by atoms with van der Waals surface area (Å²) in [5.74, 6) is -0.113. The fourth-order valence-corrected chi connectivity index (χ4v) is 4.58. The summed E-state index contributed by atoms with van der Waals surface area (Å²) in [6.07, 6.45) is 1.84. The van der Waals surface area contributed by atoms with E-state index in [4.69, 9.17) is 21.7 Å². The molecule has 3 heterocycles. The Hall–Kier alpha value is -3.03. The molecule has 4 aromatic rings. The van der Waals surface area contributed by atoms with Crippen LogP contribution in [0.3, 0.4) is 0 Å². The third kappa shape index (κ3) is 3.51. The van der Waals surface area contributed by atoms with Gasteiger partial charge < -0.3 is 10.0 Å². The lowest BCUT2D eigenvalue weighted by atomic mass is 10.1. The standard InChI is InChI=1S/C24H21ClF2N4O/c1-14-23(15-4-7-17(26)8-5-15)24-28-22(30-10-2-3-18(30)13-32)12-21(31(24)29-14)16-6-9-20(27)19(25)11-16/h4-9,11-12,18,32H,2-3,10,13H2,1H3. The Morgan fingerprint density at radius 2 is 1.84 bits per heavy atom. The topological polar surface area (TPSA) is 53.7 Å². The van der Waals surface area contributed by atoms with Crippen molar-refractivity contribution in [2.75, 3.05) is 18.1 Å². The SMILES string of the molecule is Cc1nn2c(-c3ccc(F)c(Cl)c3)cc(N3CCCC3CO)nc2c1-c1ccc(F)cc1. The maximum atomic E-state index is 13.8. The van der Waals surface area contributed by atoms with E-state index in [1.807, 2.05) is 13.0 Å². The minimum Gasteiger partial charge on any atom is -0.394 e. The second-order valence-electron chi connectivity index (χ2n) is 8.00. The van der Waals surface area contributed by atoms with Crippen molar-refractivity contribution >= 4 is 23.1 Å². The Morgan fingerprint density at radius 3 is 2.56 bits per heavy atom. The molecular weight excluding hydrogens is 434 g/mol. The van der Waals surface area contributed by atoms with E-state index in [1.165, 1.54) is 18.2 Å². The largest absolute Gasteiger partial charge is 0.394 e. The smallest absolute Gasteiger partial charge is 0.166 e. The zero-order valence-corrected chi connectivity index (χ0v) is 18.2. The fraction of sp³-hybridized carbons (Fsp3) is 0.250. The van der Waals surface area contributed by atoms with Gasteiger partial charge in [0.05, 0.1) is 29.1 Å². The second-order valence-corrected chi connectivity index (χ2v) is 8.41. The van der Waals surface area contributed by atoms with Gasteiger partial charge in [0.1, 0.15) is 17.5 Å². The first-order chi connectivity index (χ1) is 15.5. The Bertz CT molecular complexity index is 1310. The van der Waals surface area contributed by atoms with Gasteiger partial charge in [0.2, 0.25) is 0 Å². The van der Waals surface area contributed by atoms with Gasteiger partial charge in [-0.3, -0.25) is 0 Å². The summed E-state index contributed by atoms with van der Waals surface area (Å²) in [7, 11) is 0. The number of anilines is 1. The summed E-state index contributed by atoms with van der Waals surface area (Å²) in [4.78, 5) is 7.00. The molecule has 32 heavy (non-hydrogen) atoms. The van der Waals surface area contributed by atoms with Crippen LogP contribution in [0.4, 0.5) is 14.6 Å². The minimum atomic E-state index is -0.496. The lowest BCUT2D eigenvalue weighted by Gasteiger charge is -2.25. The molecule has 1 aliphatic heterocycles. The highest BCUT2D eigenvalue weighted by Gasteiger charge is 2.27.